The van der Waals surface area contributed by atoms with Crippen LogP contribution in [0.25, 0.3) is 11.0 Å². The summed E-state index contributed by atoms with van der Waals surface area (Å²) in [7, 11) is 0. The van der Waals surface area contributed by atoms with Crippen molar-refractivity contribution in [3.63, 3.8) is 0 Å². The summed E-state index contributed by atoms with van der Waals surface area (Å²) in [5.74, 6) is -0.584. The second-order valence-electron chi connectivity index (χ2n) is 8.78. The van der Waals surface area contributed by atoms with Crippen molar-refractivity contribution in [2.45, 2.75) is 44.1 Å². The second kappa shape index (κ2) is 7.26. The molecule has 1 saturated heterocycles. The zero-order valence-corrected chi connectivity index (χ0v) is 17.7. The van der Waals surface area contributed by atoms with Gasteiger partial charge in [-0.3, -0.25) is 29.4 Å². The van der Waals surface area contributed by atoms with Crippen molar-refractivity contribution < 1.29 is 19.2 Å². The first kappa shape index (κ1) is 19.7. The molecule has 1 unspecified atom stereocenters. The summed E-state index contributed by atoms with van der Waals surface area (Å²) in [5, 5.41) is 5.47. The van der Waals surface area contributed by atoms with Gasteiger partial charge in [0.05, 0.1) is 27.8 Å². The Bertz CT molecular complexity index is 1360. The standard InChI is InChI=1S/C24H21N5O4/c30-19-10-9-18(22(31)28-19)29-23(32)14-5-2-6-16(20(14)24(29)33)25-13-7-8-15-17(11-13)27-21(26-15)12-3-1-4-12/h2,5-8,11-12,18,25H,1,3-4,9-10H2,(H,26,27)(H,28,30,31). The van der Waals surface area contributed by atoms with Crippen LogP contribution in [0, 0.1) is 0 Å². The summed E-state index contributed by atoms with van der Waals surface area (Å²) in [6.45, 7) is 0. The molecule has 0 bridgehead atoms. The molecular weight excluding hydrogens is 422 g/mol. The number of imidazole rings is 1. The molecule has 2 aromatic carbocycles. The third-order valence-electron chi connectivity index (χ3n) is 6.74. The first-order chi connectivity index (χ1) is 16.0. The molecular formula is C24H21N5O4. The Labute approximate surface area is 188 Å². The summed E-state index contributed by atoms with van der Waals surface area (Å²) in [4.78, 5) is 59.1. The van der Waals surface area contributed by atoms with Gasteiger partial charge in [0.1, 0.15) is 11.9 Å². The molecule has 3 aromatic rings. The fraction of sp³-hybridized carbons (Fsp3) is 0.292. The van der Waals surface area contributed by atoms with Gasteiger partial charge in [0, 0.05) is 18.0 Å². The van der Waals surface area contributed by atoms with Crippen LogP contribution in [0.1, 0.15) is 64.6 Å². The van der Waals surface area contributed by atoms with E-state index in [0.717, 1.165) is 40.3 Å². The average Bonchev–Trinajstić information content (AvgIpc) is 3.26. The molecule has 1 aromatic heterocycles. The van der Waals surface area contributed by atoms with E-state index in [2.05, 4.69) is 20.6 Å². The lowest BCUT2D eigenvalue weighted by molar-refractivity contribution is -0.136. The van der Waals surface area contributed by atoms with Gasteiger partial charge < -0.3 is 10.3 Å². The molecule has 3 aliphatic rings. The number of hydrogen-bond acceptors (Lipinski definition) is 6. The summed E-state index contributed by atoms with van der Waals surface area (Å²) >= 11 is 0. The van der Waals surface area contributed by atoms with Crippen molar-refractivity contribution in [2.24, 2.45) is 0 Å². The van der Waals surface area contributed by atoms with Gasteiger partial charge in [0.2, 0.25) is 11.8 Å². The van der Waals surface area contributed by atoms with Gasteiger partial charge in [-0.05, 0) is 49.6 Å². The maximum atomic E-state index is 13.3. The lowest BCUT2D eigenvalue weighted by atomic mass is 9.85. The van der Waals surface area contributed by atoms with Gasteiger partial charge in [-0.2, -0.15) is 0 Å². The van der Waals surface area contributed by atoms with Crippen LogP contribution in [0.2, 0.25) is 0 Å². The van der Waals surface area contributed by atoms with Gasteiger partial charge in [0.15, 0.2) is 0 Å². The molecule has 33 heavy (non-hydrogen) atoms. The number of piperidine rings is 1. The minimum Gasteiger partial charge on any atom is -0.355 e. The molecule has 6 rings (SSSR count). The SMILES string of the molecule is O=C1CCC(N2C(=O)c3cccc(Nc4ccc5nc(C6CCC6)[nH]c5c4)c3C2=O)C(=O)N1. The lowest BCUT2D eigenvalue weighted by Crippen LogP contribution is -2.54. The number of anilines is 2. The molecule has 4 amide bonds. The third kappa shape index (κ3) is 3.11. The van der Waals surface area contributed by atoms with Crippen LogP contribution in [0.3, 0.4) is 0 Å². The lowest BCUT2D eigenvalue weighted by Gasteiger charge is -2.27. The first-order valence-corrected chi connectivity index (χ1v) is 11.1. The molecule has 1 saturated carbocycles. The van der Waals surface area contributed by atoms with E-state index in [1.165, 1.54) is 6.42 Å². The number of imide groups is 2. The molecule has 9 nitrogen and oxygen atoms in total. The summed E-state index contributed by atoms with van der Waals surface area (Å²) in [5.41, 5.74) is 3.49. The predicted octanol–water partition coefficient (Wildman–Crippen LogP) is 2.98. The topological polar surface area (TPSA) is 124 Å². The highest BCUT2D eigenvalue weighted by atomic mass is 16.2. The van der Waals surface area contributed by atoms with Crippen LogP contribution in [0.5, 0.6) is 0 Å². The molecule has 2 fully saturated rings. The minimum absolute atomic E-state index is 0.0853. The van der Waals surface area contributed by atoms with Crippen LogP contribution >= 0.6 is 0 Å². The fourth-order valence-corrected chi connectivity index (χ4v) is 4.76. The summed E-state index contributed by atoms with van der Waals surface area (Å²) in [6.07, 6.45) is 3.75. The van der Waals surface area contributed by atoms with Crippen molar-refractivity contribution >= 4 is 46.0 Å². The van der Waals surface area contributed by atoms with E-state index >= 15 is 0 Å². The quantitative estimate of drug-likeness (QED) is 0.533. The number of hydrogen-bond donors (Lipinski definition) is 3. The Morgan fingerprint density at radius 1 is 1.00 bits per heavy atom. The zero-order valence-electron chi connectivity index (χ0n) is 17.7. The third-order valence-corrected chi connectivity index (χ3v) is 6.74. The minimum atomic E-state index is -0.991. The number of nitrogens with zero attached hydrogens (tertiary/aromatic N) is 2. The highest BCUT2D eigenvalue weighted by Gasteiger charge is 2.45. The van der Waals surface area contributed by atoms with Crippen LogP contribution in [0.4, 0.5) is 11.4 Å². The van der Waals surface area contributed by atoms with Gasteiger partial charge in [0.25, 0.3) is 11.8 Å². The Balaban J connectivity index is 1.31. The van der Waals surface area contributed by atoms with Crippen LogP contribution < -0.4 is 10.6 Å². The molecule has 3 N–H and O–H groups in total. The van der Waals surface area contributed by atoms with Crippen molar-refractivity contribution in [2.75, 3.05) is 5.32 Å². The molecule has 166 valence electrons. The Morgan fingerprint density at radius 2 is 1.85 bits per heavy atom. The van der Waals surface area contributed by atoms with Crippen molar-refractivity contribution in [1.29, 1.82) is 0 Å². The summed E-state index contributed by atoms with van der Waals surface area (Å²) < 4.78 is 0. The summed E-state index contributed by atoms with van der Waals surface area (Å²) in [6, 6.07) is 9.75. The molecule has 3 heterocycles. The van der Waals surface area contributed by atoms with Gasteiger partial charge in [-0.25, -0.2) is 4.98 Å². The fourth-order valence-electron chi connectivity index (χ4n) is 4.76. The number of amides is 4. The normalized spacial score (nSPS) is 20.7. The molecule has 9 heteroatoms. The molecule has 0 radical (unpaired) electrons. The monoisotopic (exact) mass is 443 g/mol. The van der Waals surface area contributed by atoms with Gasteiger partial charge >= 0.3 is 0 Å². The maximum Gasteiger partial charge on any atom is 0.264 e. The van der Waals surface area contributed by atoms with Crippen molar-refractivity contribution in [3.05, 3.63) is 53.3 Å². The van der Waals surface area contributed by atoms with E-state index < -0.39 is 29.7 Å². The highest BCUT2D eigenvalue weighted by Crippen LogP contribution is 2.37. The maximum absolute atomic E-state index is 13.3. The number of fused-ring (bicyclic) bond motifs is 2. The molecule has 1 atom stereocenters. The number of aromatic nitrogens is 2. The molecule has 2 aliphatic heterocycles. The number of carbonyl (C=O) groups excluding carboxylic acids is 4. The number of rotatable bonds is 4. The van der Waals surface area contributed by atoms with Crippen LogP contribution in [0.15, 0.2) is 36.4 Å². The smallest absolute Gasteiger partial charge is 0.264 e. The number of carbonyl (C=O) groups is 4. The molecule has 1 aliphatic carbocycles. The average molecular weight is 443 g/mol. The Hall–Kier alpha value is -4.01. The Kier molecular flexibility index (Phi) is 4.33. The first-order valence-electron chi connectivity index (χ1n) is 11.1. The van der Waals surface area contributed by atoms with Crippen LogP contribution in [-0.2, 0) is 9.59 Å². The number of benzene rings is 2. The van der Waals surface area contributed by atoms with Crippen molar-refractivity contribution in [1.82, 2.24) is 20.2 Å². The predicted molar refractivity (Wildman–Crippen MR) is 119 cm³/mol. The largest absolute Gasteiger partial charge is 0.355 e. The van der Waals surface area contributed by atoms with E-state index in [1.807, 2.05) is 18.2 Å². The Morgan fingerprint density at radius 3 is 2.61 bits per heavy atom. The second-order valence-corrected chi connectivity index (χ2v) is 8.78. The van der Waals surface area contributed by atoms with Gasteiger partial charge in [-0.15, -0.1) is 0 Å². The highest BCUT2D eigenvalue weighted by molar-refractivity contribution is 6.25. The van der Waals surface area contributed by atoms with E-state index in [9.17, 15) is 19.2 Å². The number of aromatic amines is 1. The molecule has 0 spiro atoms. The van der Waals surface area contributed by atoms with Crippen molar-refractivity contribution in [3.8, 4) is 0 Å². The van der Waals surface area contributed by atoms with E-state index in [1.54, 1.807) is 18.2 Å². The number of H-pyrrole nitrogens is 1. The zero-order chi connectivity index (χ0) is 22.7. The van der Waals surface area contributed by atoms with Crippen LogP contribution in [-0.4, -0.2) is 44.5 Å². The van der Waals surface area contributed by atoms with E-state index in [0.29, 0.717) is 11.6 Å². The number of nitrogens with one attached hydrogen (secondary N) is 3. The van der Waals surface area contributed by atoms with E-state index in [4.69, 9.17) is 0 Å². The van der Waals surface area contributed by atoms with E-state index in [-0.39, 0.29) is 24.0 Å². The van der Waals surface area contributed by atoms with Gasteiger partial charge in [-0.1, -0.05) is 12.5 Å².